The molecule has 1 heterocycles. The molecular formula is C25H35N3O3. The standard InChI is InChI=1S/C25H35N3O3/c1-15(2)28(16(3)4)12-11-19-20-13-22(30-5)23(31-6)14-21(20)24(27-25(19)29)17-7-9-18(26)10-8-17/h7-10,13-16,19,24H,11-12,26H2,1-6H3,(H,27,29). The van der Waals surface area contributed by atoms with E-state index in [0.29, 0.717) is 29.3 Å². The summed E-state index contributed by atoms with van der Waals surface area (Å²) in [5, 5.41) is 3.23. The molecule has 0 spiro atoms. The summed E-state index contributed by atoms with van der Waals surface area (Å²) < 4.78 is 11.1. The Morgan fingerprint density at radius 1 is 0.968 bits per heavy atom. The molecule has 1 amide bonds. The number of nitrogens with two attached hydrogens (primary N) is 1. The van der Waals surface area contributed by atoms with Gasteiger partial charge >= 0.3 is 0 Å². The van der Waals surface area contributed by atoms with Crippen LogP contribution in [-0.2, 0) is 4.79 Å². The smallest absolute Gasteiger partial charge is 0.228 e. The van der Waals surface area contributed by atoms with Crippen LogP contribution in [0, 0.1) is 0 Å². The average molecular weight is 426 g/mol. The number of methoxy groups -OCH3 is 2. The lowest BCUT2D eigenvalue weighted by molar-refractivity contribution is -0.124. The number of carbonyl (C=O) groups excluding carboxylic acids is 1. The first-order chi connectivity index (χ1) is 14.8. The lowest BCUT2D eigenvalue weighted by Gasteiger charge is -2.36. The summed E-state index contributed by atoms with van der Waals surface area (Å²) >= 11 is 0. The summed E-state index contributed by atoms with van der Waals surface area (Å²) in [7, 11) is 3.25. The predicted molar refractivity (Wildman–Crippen MR) is 125 cm³/mol. The largest absolute Gasteiger partial charge is 0.493 e. The zero-order valence-electron chi connectivity index (χ0n) is 19.4. The number of hydrogen-bond donors (Lipinski definition) is 2. The lowest BCUT2D eigenvalue weighted by atomic mass is 9.81. The Morgan fingerprint density at radius 3 is 2.03 bits per heavy atom. The number of amides is 1. The summed E-state index contributed by atoms with van der Waals surface area (Å²) in [4.78, 5) is 15.7. The zero-order chi connectivity index (χ0) is 22.7. The quantitative estimate of drug-likeness (QED) is 0.623. The van der Waals surface area contributed by atoms with Crippen LogP contribution in [0.1, 0.15) is 62.8 Å². The number of benzene rings is 2. The molecule has 3 N–H and O–H groups in total. The number of rotatable bonds is 8. The number of nitrogens with one attached hydrogen (secondary N) is 1. The van der Waals surface area contributed by atoms with Gasteiger partial charge in [-0.25, -0.2) is 0 Å². The van der Waals surface area contributed by atoms with E-state index in [9.17, 15) is 4.79 Å². The first-order valence-electron chi connectivity index (χ1n) is 10.9. The molecule has 0 aliphatic carbocycles. The maximum atomic E-state index is 13.3. The molecule has 6 heteroatoms. The topological polar surface area (TPSA) is 76.8 Å². The van der Waals surface area contributed by atoms with Gasteiger partial charge in [0.1, 0.15) is 0 Å². The minimum Gasteiger partial charge on any atom is -0.493 e. The second-order valence-electron chi connectivity index (χ2n) is 8.71. The van der Waals surface area contributed by atoms with Gasteiger partial charge in [-0.05, 0) is 81.6 Å². The van der Waals surface area contributed by atoms with Crippen LogP contribution < -0.4 is 20.5 Å². The summed E-state index contributed by atoms with van der Waals surface area (Å²) in [5.41, 5.74) is 9.58. The summed E-state index contributed by atoms with van der Waals surface area (Å²) in [6.07, 6.45) is 0.735. The third-order valence-electron chi connectivity index (χ3n) is 6.15. The minimum atomic E-state index is -0.259. The highest BCUT2D eigenvalue weighted by molar-refractivity contribution is 5.87. The van der Waals surface area contributed by atoms with E-state index in [1.54, 1.807) is 14.2 Å². The predicted octanol–water partition coefficient (Wildman–Crippen LogP) is 4.10. The fraction of sp³-hybridized carbons (Fsp3) is 0.480. The number of fused-ring (bicyclic) bond motifs is 1. The molecule has 0 fully saturated rings. The van der Waals surface area contributed by atoms with Crippen molar-refractivity contribution in [2.24, 2.45) is 0 Å². The highest BCUT2D eigenvalue weighted by Gasteiger charge is 2.35. The average Bonchev–Trinajstić information content (AvgIpc) is 2.74. The molecule has 1 aliphatic heterocycles. The molecule has 0 saturated carbocycles. The summed E-state index contributed by atoms with van der Waals surface area (Å²) in [6, 6.07) is 12.2. The highest BCUT2D eigenvalue weighted by Crippen LogP contribution is 2.42. The molecular weight excluding hydrogens is 390 g/mol. The maximum absolute atomic E-state index is 13.3. The molecule has 2 unspecified atom stereocenters. The highest BCUT2D eigenvalue weighted by atomic mass is 16.5. The van der Waals surface area contributed by atoms with Crippen molar-refractivity contribution in [2.75, 3.05) is 26.5 Å². The Hall–Kier alpha value is -2.73. The molecule has 2 atom stereocenters. The fourth-order valence-corrected chi connectivity index (χ4v) is 4.55. The van der Waals surface area contributed by atoms with E-state index >= 15 is 0 Å². The van der Waals surface area contributed by atoms with Crippen LogP contribution in [0.25, 0.3) is 0 Å². The monoisotopic (exact) mass is 425 g/mol. The molecule has 0 bridgehead atoms. The molecule has 0 aromatic heterocycles. The fourth-order valence-electron chi connectivity index (χ4n) is 4.55. The van der Waals surface area contributed by atoms with Crippen molar-refractivity contribution in [2.45, 2.75) is 58.2 Å². The van der Waals surface area contributed by atoms with Crippen molar-refractivity contribution in [3.8, 4) is 11.5 Å². The van der Waals surface area contributed by atoms with Crippen LogP contribution in [0.15, 0.2) is 36.4 Å². The summed E-state index contributed by atoms with van der Waals surface area (Å²) in [5.74, 6) is 1.08. The molecule has 3 rings (SSSR count). The van der Waals surface area contributed by atoms with Crippen molar-refractivity contribution in [1.29, 1.82) is 0 Å². The molecule has 2 aromatic rings. The van der Waals surface area contributed by atoms with Crippen LogP contribution in [0.2, 0.25) is 0 Å². The molecule has 168 valence electrons. The number of carbonyl (C=O) groups is 1. The lowest BCUT2D eigenvalue weighted by Crippen LogP contribution is -2.42. The first-order valence-corrected chi connectivity index (χ1v) is 10.9. The van der Waals surface area contributed by atoms with Crippen LogP contribution in [0.5, 0.6) is 11.5 Å². The van der Waals surface area contributed by atoms with E-state index in [1.165, 1.54) is 0 Å². The second-order valence-corrected chi connectivity index (χ2v) is 8.71. The van der Waals surface area contributed by atoms with Gasteiger partial charge < -0.3 is 20.5 Å². The van der Waals surface area contributed by atoms with Gasteiger partial charge in [-0.15, -0.1) is 0 Å². The van der Waals surface area contributed by atoms with Gasteiger partial charge in [0.2, 0.25) is 5.91 Å². The van der Waals surface area contributed by atoms with E-state index in [0.717, 1.165) is 29.7 Å². The van der Waals surface area contributed by atoms with Crippen molar-refractivity contribution in [3.63, 3.8) is 0 Å². The van der Waals surface area contributed by atoms with Crippen molar-refractivity contribution in [3.05, 3.63) is 53.1 Å². The van der Waals surface area contributed by atoms with Crippen molar-refractivity contribution >= 4 is 11.6 Å². The Morgan fingerprint density at radius 2 is 1.52 bits per heavy atom. The third kappa shape index (κ3) is 4.79. The molecule has 2 aromatic carbocycles. The number of anilines is 1. The van der Waals surface area contributed by atoms with Crippen molar-refractivity contribution in [1.82, 2.24) is 10.2 Å². The van der Waals surface area contributed by atoms with Gasteiger partial charge in [-0.2, -0.15) is 0 Å². The number of ether oxygens (including phenoxy) is 2. The Labute approximate surface area is 185 Å². The van der Waals surface area contributed by atoms with Crippen molar-refractivity contribution < 1.29 is 14.3 Å². The molecule has 31 heavy (non-hydrogen) atoms. The van der Waals surface area contributed by atoms with Crippen LogP contribution >= 0.6 is 0 Å². The normalized spacial score (nSPS) is 18.3. The minimum absolute atomic E-state index is 0.0361. The van der Waals surface area contributed by atoms with Crippen LogP contribution in [0.3, 0.4) is 0 Å². The van der Waals surface area contributed by atoms with Gasteiger partial charge in [-0.1, -0.05) is 12.1 Å². The van der Waals surface area contributed by atoms with Gasteiger partial charge in [-0.3, -0.25) is 9.69 Å². The van der Waals surface area contributed by atoms with E-state index in [-0.39, 0.29) is 17.9 Å². The number of nitrogen functional groups attached to an aromatic ring is 1. The second kappa shape index (κ2) is 9.60. The number of hydrogen-bond acceptors (Lipinski definition) is 5. The summed E-state index contributed by atoms with van der Waals surface area (Å²) in [6.45, 7) is 9.62. The zero-order valence-corrected chi connectivity index (χ0v) is 19.4. The van der Waals surface area contributed by atoms with Crippen LogP contribution in [-0.4, -0.2) is 43.7 Å². The van der Waals surface area contributed by atoms with E-state index in [1.807, 2.05) is 36.4 Å². The molecule has 0 radical (unpaired) electrons. The first kappa shape index (κ1) is 22.9. The van der Waals surface area contributed by atoms with E-state index in [2.05, 4.69) is 37.9 Å². The molecule has 1 aliphatic rings. The van der Waals surface area contributed by atoms with Gasteiger partial charge in [0.25, 0.3) is 0 Å². The van der Waals surface area contributed by atoms with Gasteiger partial charge in [0, 0.05) is 17.8 Å². The van der Waals surface area contributed by atoms with Gasteiger partial charge in [0.05, 0.1) is 26.2 Å². The Balaban J connectivity index is 2.03. The molecule has 0 saturated heterocycles. The third-order valence-corrected chi connectivity index (χ3v) is 6.15. The van der Waals surface area contributed by atoms with Crippen LogP contribution in [0.4, 0.5) is 5.69 Å². The maximum Gasteiger partial charge on any atom is 0.228 e. The number of nitrogens with zero attached hydrogens (tertiary/aromatic N) is 1. The Kier molecular flexibility index (Phi) is 7.11. The van der Waals surface area contributed by atoms with E-state index < -0.39 is 0 Å². The SMILES string of the molecule is COc1cc2c(cc1OC)C(c1ccc(N)cc1)NC(=O)C2CCN(C(C)C)C(C)C. The van der Waals surface area contributed by atoms with E-state index in [4.69, 9.17) is 15.2 Å². The molecule has 6 nitrogen and oxygen atoms in total. The van der Waals surface area contributed by atoms with Gasteiger partial charge in [0.15, 0.2) is 11.5 Å². The Bertz CT molecular complexity index is 901.